The number of hydrogen-bond acceptors (Lipinski definition) is 0. The molecule has 0 spiro atoms. The summed E-state index contributed by atoms with van der Waals surface area (Å²) in [7, 11) is 17.0. The Labute approximate surface area is 290 Å². The van der Waals surface area contributed by atoms with E-state index in [1.165, 1.54) is 72.0 Å². The molecule has 239 valence electrons. The van der Waals surface area contributed by atoms with Crippen LogP contribution in [-0.2, 0) is 21.0 Å². The summed E-state index contributed by atoms with van der Waals surface area (Å²) in [6.45, 7) is 15.3. The van der Waals surface area contributed by atoms with Gasteiger partial charge in [0.1, 0.15) is 0 Å². The molecule has 5 aromatic rings. The van der Waals surface area contributed by atoms with Gasteiger partial charge >= 0.3 is 293 Å². The van der Waals surface area contributed by atoms with E-state index in [0.717, 1.165) is 0 Å². The molecule has 0 radical (unpaired) electrons. The number of allylic oxidation sites excluding steroid dienone is 2. The van der Waals surface area contributed by atoms with Gasteiger partial charge in [-0.1, -0.05) is 0 Å². The SMILES string of the molecule is C[SiH2][Zr]([Cl])([Cl])([CH]1C(C(C)C)=Cc2c(-c3ccc(C(C)(C)C)cc3)cccc21)[CH]1C(C)=Cc2c(-c3cccc4ccccc34)cccc21. The molecule has 2 aliphatic rings. The van der Waals surface area contributed by atoms with Crippen molar-refractivity contribution in [1.82, 2.24) is 0 Å². The number of hydrogen-bond donors (Lipinski definition) is 0. The van der Waals surface area contributed by atoms with Crippen molar-refractivity contribution in [3.05, 3.63) is 142 Å². The van der Waals surface area contributed by atoms with E-state index >= 15 is 0 Å². The Bertz CT molecular complexity index is 2090. The molecular weight excluding hydrogens is 707 g/mol. The Morgan fingerprint density at radius 1 is 0.660 bits per heavy atom. The predicted molar refractivity (Wildman–Crippen MR) is 208 cm³/mol. The first kappa shape index (κ1) is 33.0. The zero-order valence-corrected chi connectivity index (χ0v) is 34.0. The number of benzene rings is 5. The Kier molecular flexibility index (Phi) is 8.32. The minimum atomic E-state index is -4.70. The Morgan fingerprint density at radius 3 is 1.89 bits per heavy atom. The third kappa shape index (κ3) is 5.34. The second kappa shape index (κ2) is 11.8. The maximum absolute atomic E-state index is 8.50. The summed E-state index contributed by atoms with van der Waals surface area (Å²) < 4.78 is 0.190. The fourth-order valence-electron chi connectivity index (χ4n) is 8.59. The van der Waals surface area contributed by atoms with Gasteiger partial charge in [0.05, 0.1) is 0 Å². The molecule has 0 bridgehead atoms. The molecule has 0 nitrogen and oxygen atoms in total. The molecule has 2 aliphatic carbocycles. The fraction of sp³-hybridized carbons (Fsp3) is 0.256. The van der Waals surface area contributed by atoms with Gasteiger partial charge in [-0.2, -0.15) is 0 Å². The molecule has 2 atom stereocenters. The summed E-state index contributed by atoms with van der Waals surface area (Å²) in [5, 5.41) is 2.54. The number of halogens is 2. The Morgan fingerprint density at radius 2 is 1.23 bits per heavy atom. The minimum absolute atomic E-state index is 0.0918. The van der Waals surface area contributed by atoms with Gasteiger partial charge in [-0.15, -0.1) is 0 Å². The average Bonchev–Trinajstić information content (AvgIpc) is 3.63. The topological polar surface area (TPSA) is 0 Å². The first-order valence-corrected chi connectivity index (χ1v) is 33.7. The van der Waals surface area contributed by atoms with E-state index in [9.17, 15) is 0 Å². The van der Waals surface area contributed by atoms with Crippen molar-refractivity contribution in [1.29, 1.82) is 0 Å². The van der Waals surface area contributed by atoms with Crippen molar-refractivity contribution in [2.24, 2.45) is 5.92 Å². The van der Waals surface area contributed by atoms with Crippen molar-refractivity contribution in [3.8, 4) is 22.3 Å². The van der Waals surface area contributed by atoms with Gasteiger partial charge in [0, 0.05) is 0 Å². The molecule has 0 fully saturated rings. The van der Waals surface area contributed by atoms with Gasteiger partial charge in [0.25, 0.3) is 0 Å². The van der Waals surface area contributed by atoms with Gasteiger partial charge in [0.2, 0.25) is 0 Å². The van der Waals surface area contributed by atoms with E-state index in [1.54, 1.807) is 0 Å². The van der Waals surface area contributed by atoms with Crippen LogP contribution in [0.15, 0.2) is 114 Å². The molecule has 7 rings (SSSR count). The number of rotatable bonds is 6. The third-order valence-corrected chi connectivity index (χ3v) is 51.1. The molecule has 0 heterocycles. The summed E-state index contributed by atoms with van der Waals surface area (Å²) in [6, 6.07) is 38.2. The van der Waals surface area contributed by atoms with Crippen molar-refractivity contribution in [2.45, 2.75) is 60.8 Å². The standard InChI is InChI=1S/C22H25.C20H15.CH5Si.2ClH.Zr/c1-15(2)18-13-17-7-6-8-20(21(17)14-18)16-9-11-19(12-10-16)22(3,4)5;1-14-12-16-8-5-11-19(20(16)13-14)18-10-4-7-15-6-2-3-9-17(15)18;1-2;;;/h6-15H,1-5H3;2-13H,1H3;2H2,1H3;2*1H;/q;;;;;+2/p-2. The van der Waals surface area contributed by atoms with E-state index in [-0.39, 0.29) is 12.7 Å². The molecule has 0 aromatic heterocycles. The van der Waals surface area contributed by atoms with Crippen LogP contribution in [0.5, 0.6) is 0 Å². The van der Waals surface area contributed by atoms with Crippen molar-refractivity contribution in [2.75, 3.05) is 0 Å². The van der Waals surface area contributed by atoms with Crippen LogP contribution in [0.25, 0.3) is 45.2 Å². The van der Waals surface area contributed by atoms with E-state index < -0.39 is 22.2 Å². The monoisotopic (exact) mass is 749 g/mol. The van der Waals surface area contributed by atoms with Crippen LogP contribution in [0.2, 0.25) is 6.55 Å². The Hall–Kier alpha value is -2.48. The van der Waals surface area contributed by atoms with Crippen LogP contribution in [0.4, 0.5) is 0 Å². The fourth-order valence-corrected chi connectivity index (χ4v) is 38.0. The second-order valence-corrected chi connectivity index (χ2v) is 56.6. The van der Waals surface area contributed by atoms with Crippen LogP contribution >= 0.6 is 17.0 Å². The average molecular weight is 752 g/mol. The van der Waals surface area contributed by atoms with Crippen LogP contribution in [0.3, 0.4) is 0 Å². The van der Waals surface area contributed by atoms with Crippen molar-refractivity contribution in [3.63, 3.8) is 0 Å². The van der Waals surface area contributed by atoms with Gasteiger partial charge in [-0.25, -0.2) is 0 Å². The molecule has 4 heteroatoms. The quantitative estimate of drug-likeness (QED) is 0.152. The van der Waals surface area contributed by atoms with Crippen molar-refractivity contribution < 1.29 is 15.6 Å². The van der Waals surface area contributed by atoms with Crippen LogP contribution < -0.4 is 0 Å². The zero-order valence-electron chi connectivity index (χ0n) is 28.7. The summed E-state index contributed by atoms with van der Waals surface area (Å²) in [5.74, 6) is 0.349. The molecular formula is C43H45Cl2SiZr. The summed E-state index contributed by atoms with van der Waals surface area (Å²) in [6.07, 6.45) is 4.89. The van der Waals surface area contributed by atoms with Gasteiger partial charge in [-0.3, -0.25) is 0 Å². The van der Waals surface area contributed by atoms with Gasteiger partial charge in [0.15, 0.2) is 0 Å². The Balaban J connectivity index is 1.39. The predicted octanol–water partition coefficient (Wildman–Crippen LogP) is 12.9. The second-order valence-electron chi connectivity index (χ2n) is 15.2. The van der Waals surface area contributed by atoms with E-state index in [0.29, 0.717) is 5.92 Å². The first-order chi connectivity index (χ1) is 22.3. The molecule has 2 unspecified atom stereocenters. The normalized spacial score (nSPS) is 18.7. The van der Waals surface area contributed by atoms with Gasteiger partial charge in [-0.05, 0) is 0 Å². The maximum atomic E-state index is 8.50. The summed E-state index contributed by atoms with van der Waals surface area (Å²) >= 11 is -4.70. The van der Waals surface area contributed by atoms with E-state index in [2.05, 4.69) is 163 Å². The third-order valence-electron chi connectivity index (χ3n) is 11.0. The molecule has 0 amide bonds. The molecule has 0 saturated carbocycles. The summed E-state index contributed by atoms with van der Waals surface area (Å²) in [4.78, 5) is 0. The molecule has 0 aliphatic heterocycles. The van der Waals surface area contributed by atoms with Crippen molar-refractivity contribution >= 4 is 46.6 Å². The molecule has 0 N–H and O–H groups in total. The zero-order chi connectivity index (χ0) is 33.3. The van der Waals surface area contributed by atoms with E-state index in [1.807, 2.05) is 0 Å². The van der Waals surface area contributed by atoms with Crippen LogP contribution in [-0.4, -0.2) is 6.65 Å². The van der Waals surface area contributed by atoms with Crippen LogP contribution in [0.1, 0.15) is 76.6 Å². The molecule has 0 saturated heterocycles. The molecule has 5 aromatic carbocycles. The first-order valence-electron chi connectivity index (χ1n) is 17.1. The van der Waals surface area contributed by atoms with E-state index in [4.69, 9.17) is 17.0 Å². The van der Waals surface area contributed by atoms with Gasteiger partial charge < -0.3 is 0 Å². The molecule has 47 heavy (non-hydrogen) atoms. The number of fused-ring (bicyclic) bond motifs is 3. The summed E-state index contributed by atoms with van der Waals surface area (Å²) in [5.41, 5.74) is 14.6. The van der Waals surface area contributed by atoms with Crippen LogP contribution in [0, 0.1) is 5.92 Å².